The normalized spacial score (nSPS) is 32.7. The van der Waals surface area contributed by atoms with Crippen LogP contribution in [0.2, 0.25) is 0 Å². The Morgan fingerprint density at radius 1 is 0.763 bits per heavy atom. The summed E-state index contributed by atoms with van der Waals surface area (Å²) < 4.78 is 0. The molecule has 4 saturated carbocycles. The summed E-state index contributed by atoms with van der Waals surface area (Å²) >= 11 is 0. The van der Waals surface area contributed by atoms with E-state index >= 15 is 0 Å². The minimum Gasteiger partial charge on any atom is -0.345 e. The quantitative estimate of drug-likeness (QED) is 0.462. The van der Waals surface area contributed by atoms with Crippen molar-refractivity contribution in [3.8, 4) is 12.3 Å². The number of hydrogen-bond donors (Lipinski definition) is 2. The lowest BCUT2D eigenvalue weighted by atomic mass is 9.73. The number of aromatic nitrogens is 4. The molecule has 2 N–H and O–H groups in total. The zero-order chi connectivity index (χ0) is 26.7. The second-order valence-corrected chi connectivity index (χ2v) is 11.6. The second-order valence-electron chi connectivity index (χ2n) is 11.6. The van der Waals surface area contributed by atoms with Gasteiger partial charge in [0.05, 0.1) is 12.4 Å². The molecule has 0 aliphatic heterocycles. The first-order chi connectivity index (χ1) is 18.3. The standard InChI is InChI=1S/C15H17N3O.C14H17N3O2/c1-2-14-4-3-5-15(11-14,7-6-14)18-13(19)12-10-16-8-9-17-12;18-10-13-2-1-3-14(9-13,5-4-13)17-12(19)11-8-15-6-7-16-11/h1,8-10H,3-7,11H2,(H,18,19);6-8,10H,1-5,9H2,(H,17,19). The molecule has 0 saturated heterocycles. The van der Waals surface area contributed by atoms with Gasteiger partial charge in [0, 0.05) is 46.7 Å². The van der Waals surface area contributed by atoms with E-state index in [0.717, 1.165) is 83.3 Å². The van der Waals surface area contributed by atoms with Crippen LogP contribution >= 0.6 is 0 Å². The first kappa shape index (κ1) is 26.0. The molecule has 4 atom stereocenters. The van der Waals surface area contributed by atoms with Gasteiger partial charge in [-0.05, 0) is 70.6 Å². The van der Waals surface area contributed by atoms with Gasteiger partial charge in [-0.3, -0.25) is 19.6 Å². The van der Waals surface area contributed by atoms with Crippen LogP contribution in [0.3, 0.4) is 0 Å². The van der Waals surface area contributed by atoms with Crippen molar-refractivity contribution in [2.75, 3.05) is 0 Å². The number of hydrogen-bond acceptors (Lipinski definition) is 7. The average Bonchev–Trinajstić information content (AvgIpc) is 3.38. The van der Waals surface area contributed by atoms with Gasteiger partial charge in [-0.1, -0.05) is 12.3 Å². The summed E-state index contributed by atoms with van der Waals surface area (Å²) in [5, 5.41) is 6.26. The number of amides is 2. The number of nitrogens with one attached hydrogen (secondary N) is 2. The highest BCUT2D eigenvalue weighted by atomic mass is 16.2. The van der Waals surface area contributed by atoms with Gasteiger partial charge in [-0.25, -0.2) is 9.97 Å². The van der Waals surface area contributed by atoms with Crippen LogP contribution in [0.15, 0.2) is 37.2 Å². The van der Waals surface area contributed by atoms with Crippen LogP contribution in [-0.4, -0.2) is 49.1 Å². The third kappa shape index (κ3) is 5.17. The maximum absolute atomic E-state index is 12.2. The van der Waals surface area contributed by atoms with Crippen molar-refractivity contribution in [2.24, 2.45) is 10.8 Å². The molecule has 0 radical (unpaired) electrons. The molecule has 2 aromatic heterocycles. The number of aldehydes is 1. The van der Waals surface area contributed by atoms with Crippen LogP contribution in [0.5, 0.6) is 0 Å². The maximum Gasteiger partial charge on any atom is 0.271 e. The first-order valence-corrected chi connectivity index (χ1v) is 13.5. The van der Waals surface area contributed by atoms with Crippen LogP contribution in [-0.2, 0) is 4.79 Å². The fourth-order valence-electron chi connectivity index (χ4n) is 7.18. The Hall–Kier alpha value is -3.67. The van der Waals surface area contributed by atoms with Crippen LogP contribution in [0.1, 0.15) is 98.0 Å². The Kier molecular flexibility index (Phi) is 6.99. The van der Waals surface area contributed by atoms with Crippen molar-refractivity contribution in [3.63, 3.8) is 0 Å². The van der Waals surface area contributed by atoms with E-state index in [1.54, 1.807) is 12.4 Å². The van der Waals surface area contributed by atoms with E-state index in [0.29, 0.717) is 11.4 Å². The highest BCUT2D eigenvalue weighted by Gasteiger charge is 2.52. The van der Waals surface area contributed by atoms with Gasteiger partial charge in [-0.15, -0.1) is 6.42 Å². The summed E-state index contributed by atoms with van der Waals surface area (Å²) in [6.45, 7) is 0. The fourth-order valence-corrected chi connectivity index (χ4v) is 7.18. The van der Waals surface area contributed by atoms with E-state index in [9.17, 15) is 14.4 Å². The molecule has 0 aromatic carbocycles. The predicted octanol–water partition coefficient (Wildman–Crippen LogP) is 3.43. The first-order valence-electron chi connectivity index (χ1n) is 13.5. The minimum atomic E-state index is -0.215. The predicted molar refractivity (Wildman–Crippen MR) is 140 cm³/mol. The molecule has 9 heteroatoms. The molecular formula is C29H34N6O3. The summed E-state index contributed by atoms with van der Waals surface area (Å²) in [4.78, 5) is 51.6. The molecular weight excluding hydrogens is 480 g/mol. The Morgan fingerprint density at radius 2 is 1.34 bits per heavy atom. The zero-order valence-electron chi connectivity index (χ0n) is 21.6. The molecule has 2 aromatic rings. The summed E-state index contributed by atoms with van der Waals surface area (Å²) in [6, 6.07) is 0. The second kappa shape index (κ2) is 10.2. The van der Waals surface area contributed by atoms with Gasteiger partial charge in [0.1, 0.15) is 17.7 Å². The molecule has 0 spiro atoms. The molecule has 4 aliphatic rings. The lowest BCUT2D eigenvalue weighted by Crippen LogP contribution is -2.49. The Bertz CT molecular complexity index is 1230. The minimum absolute atomic E-state index is 0.00783. The lowest BCUT2D eigenvalue weighted by molar-refractivity contribution is -0.117. The fraction of sp³-hybridized carbons (Fsp3) is 0.552. The lowest BCUT2D eigenvalue weighted by Gasteiger charge is -2.37. The van der Waals surface area contributed by atoms with Gasteiger partial charge < -0.3 is 15.4 Å². The largest absolute Gasteiger partial charge is 0.345 e. The third-order valence-electron chi connectivity index (χ3n) is 9.10. The van der Waals surface area contributed by atoms with Gasteiger partial charge in [0.25, 0.3) is 11.8 Å². The zero-order valence-corrected chi connectivity index (χ0v) is 21.6. The maximum atomic E-state index is 12.2. The molecule has 2 heterocycles. The average molecular weight is 515 g/mol. The van der Waals surface area contributed by atoms with Gasteiger partial charge >= 0.3 is 0 Å². The smallest absolute Gasteiger partial charge is 0.271 e. The summed E-state index contributed by atoms with van der Waals surface area (Å²) in [5.41, 5.74) is 0.182. The molecule has 4 aliphatic carbocycles. The molecule has 4 unspecified atom stereocenters. The van der Waals surface area contributed by atoms with Crippen molar-refractivity contribution in [1.82, 2.24) is 30.6 Å². The van der Waals surface area contributed by atoms with Crippen molar-refractivity contribution in [2.45, 2.75) is 88.1 Å². The number of carbonyl (C=O) groups is 3. The van der Waals surface area contributed by atoms with Crippen molar-refractivity contribution < 1.29 is 14.4 Å². The van der Waals surface area contributed by atoms with Crippen molar-refractivity contribution >= 4 is 18.1 Å². The topological polar surface area (TPSA) is 127 Å². The highest BCUT2D eigenvalue weighted by Crippen LogP contribution is 2.54. The van der Waals surface area contributed by atoms with E-state index in [2.05, 4.69) is 36.5 Å². The van der Waals surface area contributed by atoms with Crippen LogP contribution in [0, 0.1) is 23.2 Å². The number of nitrogens with zero attached hydrogens (tertiary/aromatic N) is 4. The Labute approximate surface area is 223 Å². The van der Waals surface area contributed by atoms with Gasteiger partial charge in [0.2, 0.25) is 0 Å². The molecule has 2 amide bonds. The third-order valence-corrected chi connectivity index (χ3v) is 9.10. The van der Waals surface area contributed by atoms with Gasteiger partial charge in [-0.2, -0.15) is 0 Å². The Morgan fingerprint density at radius 3 is 1.89 bits per heavy atom. The molecule has 198 valence electrons. The number of fused-ring (bicyclic) bond motifs is 4. The van der Waals surface area contributed by atoms with Crippen LogP contribution in [0.25, 0.3) is 0 Å². The van der Waals surface area contributed by atoms with E-state index in [1.807, 2.05) is 0 Å². The number of carbonyl (C=O) groups excluding carboxylic acids is 3. The van der Waals surface area contributed by atoms with Crippen LogP contribution in [0.4, 0.5) is 0 Å². The number of rotatable bonds is 5. The highest BCUT2D eigenvalue weighted by molar-refractivity contribution is 5.93. The number of terminal acetylenes is 1. The van der Waals surface area contributed by atoms with Gasteiger partial charge in [0.15, 0.2) is 0 Å². The summed E-state index contributed by atoms with van der Waals surface area (Å²) in [7, 11) is 0. The summed E-state index contributed by atoms with van der Waals surface area (Å²) in [6.07, 6.45) is 27.5. The molecule has 38 heavy (non-hydrogen) atoms. The molecule has 4 bridgehead atoms. The molecule has 6 rings (SSSR count). The van der Waals surface area contributed by atoms with E-state index in [-0.39, 0.29) is 33.7 Å². The Balaban J connectivity index is 0.000000155. The monoisotopic (exact) mass is 514 g/mol. The van der Waals surface area contributed by atoms with E-state index in [1.165, 1.54) is 24.8 Å². The SMILES string of the molecule is C#CC12CCCC(NC(=O)c3cnccn3)(CC1)C2.O=CC12CCCC(NC(=O)c3cnccn3)(CC1)C2. The van der Waals surface area contributed by atoms with Crippen molar-refractivity contribution in [1.29, 1.82) is 0 Å². The van der Waals surface area contributed by atoms with E-state index in [4.69, 9.17) is 6.42 Å². The summed E-state index contributed by atoms with van der Waals surface area (Å²) in [5.74, 6) is 2.65. The molecule has 9 nitrogen and oxygen atoms in total. The van der Waals surface area contributed by atoms with Crippen LogP contribution < -0.4 is 10.6 Å². The van der Waals surface area contributed by atoms with Crippen molar-refractivity contribution in [3.05, 3.63) is 48.6 Å². The molecule has 4 fully saturated rings. The van der Waals surface area contributed by atoms with E-state index < -0.39 is 0 Å².